The Morgan fingerprint density at radius 1 is 1.58 bits per heavy atom. The van der Waals surface area contributed by atoms with Crippen LogP contribution in [0.5, 0.6) is 0 Å². The third kappa shape index (κ3) is 2.52. The number of Topliss-reactive ketones (excluding diaryl/α,β-unsaturated/α-hetero) is 1. The molecule has 1 fully saturated rings. The first-order valence-corrected chi connectivity index (χ1v) is 6.51. The van der Waals surface area contributed by atoms with Crippen molar-refractivity contribution in [3.05, 3.63) is 30.2 Å². The number of likely N-dealkylation sites (N-methyl/N-ethyl adjacent to an activating group) is 1. The van der Waals surface area contributed by atoms with E-state index in [1.165, 1.54) is 6.39 Å². The molecule has 0 aliphatic carbocycles. The topological polar surface area (TPSA) is 58.4 Å². The fourth-order valence-electron chi connectivity index (χ4n) is 2.45. The number of carbonyl (C=O) groups excluding carboxylic acids is 1. The molecule has 0 amide bonds. The first-order chi connectivity index (χ1) is 9.24. The molecule has 1 aliphatic rings. The smallest absolute Gasteiger partial charge is 0.181 e. The number of nitrogens with one attached hydrogen (secondary N) is 1. The van der Waals surface area contributed by atoms with E-state index in [4.69, 9.17) is 4.42 Å². The highest BCUT2D eigenvalue weighted by Gasteiger charge is 2.22. The minimum Gasteiger partial charge on any atom is -0.443 e. The molecule has 1 saturated heterocycles. The summed E-state index contributed by atoms with van der Waals surface area (Å²) in [4.78, 5) is 18.6. The van der Waals surface area contributed by atoms with Gasteiger partial charge in [-0.15, -0.1) is 0 Å². The third-order valence-electron chi connectivity index (χ3n) is 3.72. The number of piperazine rings is 1. The second-order valence-electron chi connectivity index (χ2n) is 5.00. The normalized spacial score (nSPS) is 20.8. The molecule has 0 bridgehead atoms. The van der Waals surface area contributed by atoms with E-state index in [2.05, 4.69) is 22.2 Å². The highest BCUT2D eigenvalue weighted by atomic mass is 16.3. The Bertz CT molecular complexity index is 593. The Balaban J connectivity index is 1.75. The lowest BCUT2D eigenvalue weighted by Crippen LogP contribution is -2.49. The zero-order chi connectivity index (χ0) is 13.2. The summed E-state index contributed by atoms with van der Waals surface area (Å²) in [6, 6.07) is 5.70. The van der Waals surface area contributed by atoms with Crippen molar-refractivity contribution in [1.82, 2.24) is 15.2 Å². The lowest BCUT2D eigenvalue weighted by Gasteiger charge is -2.32. The number of aromatic nitrogens is 1. The fraction of sp³-hybridized carbons (Fsp3) is 0.429. The number of hydrogen-bond donors (Lipinski definition) is 1. The third-order valence-corrected chi connectivity index (χ3v) is 3.72. The van der Waals surface area contributed by atoms with Gasteiger partial charge in [-0.05, 0) is 25.2 Å². The molecule has 2 aromatic rings. The highest BCUT2D eigenvalue weighted by Crippen LogP contribution is 2.17. The molecule has 1 atom stereocenters. The van der Waals surface area contributed by atoms with Crippen LogP contribution in [0.15, 0.2) is 29.0 Å². The van der Waals surface area contributed by atoms with Crippen LogP contribution in [0.4, 0.5) is 0 Å². The number of hydrogen-bond acceptors (Lipinski definition) is 5. The Hall–Kier alpha value is -1.72. The molecule has 3 rings (SSSR count). The van der Waals surface area contributed by atoms with Crippen LogP contribution in [0.3, 0.4) is 0 Å². The predicted molar refractivity (Wildman–Crippen MR) is 72.2 cm³/mol. The number of benzene rings is 1. The Kier molecular flexibility index (Phi) is 3.31. The largest absolute Gasteiger partial charge is 0.443 e. The summed E-state index contributed by atoms with van der Waals surface area (Å²) < 4.78 is 5.23. The zero-order valence-electron chi connectivity index (χ0n) is 10.9. The lowest BCUT2D eigenvalue weighted by molar-refractivity contribution is 0.0917. The number of nitrogens with zero attached hydrogens (tertiary/aromatic N) is 2. The average molecular weight is 259 g/mol. The number of fused-ring (bicyclic) bond motifs is 1. The number of rotatable bonds is 3. The number of ketones is 1. The summed E-state index contributed by atoms with van der Waals surface area (Å²) in [7, 11) is 2.07. The quantitative estimate of drug-likeness (QED) is 0.842. The van der Waals surface area contributed by atoms with Gasteiger partial charge in [0.15, 0.2) is 17.8 Å². The van der Waals surface area contributed by atoms with Crippen LogP contribution >= 0.6 is 0 Å². The fourth-order valence-corrected chi connectivity index (χ4v) is 2.45. The van der Waals surface area contributed by atoms with E-state index in [9.17, 15) is 4.79 Å². The van der Waals surface area contributed by atoms with Crippen molar-refractivity contribution in [3.8, 4) is 0 Å². The molecule has 1 aromatic heterocycles. The van der Waals surface area contributed by atoms with Gasteiger partial charge < -0.3 is 14.6 Å². The van der Waals surface area contributed by atoms with Crippen LogP contribution < -0.4 is 5.32 Å². The Morgan fingerprint density at radius 2 is 2.47 bits per heavy atom. The summed E-state index contributed by atoms with van der Waals surface area (Å²) in [6.07, 6.45) is 1.93. The van der Waals surface area contributed by atoms with Crippen molar-refractivity contribution in [1.29, 1.82) is 0 Å². The van der Waals surface area contributed by atoms with Crippen LogP contribution in [0.25, 0.3) is 11.1 Å². The maximum Gasteiger partial charge on any atom is 0.181 e. The molecular weight excluding hydrogens is 242 g/mol. The van der Waals surface area contributed by atoms with Gasteiger partial charge in [0.1, 0.15) is 5.52 Å². The molecular formula is C14H17N3O2. The first kappa shape index (κ1) is 12.3. The van der Waals surface area contributed by atoms with Crippen LogP contribution in [0, 0.1) is 0 Å². The van der Waals surface area contributed by atoms with Gasteiger partial charge in [0.25, 0.3) is 0 Å². The van der Waals surface area contributed by atoms with Crippen molar-refractivity contribution in [2.75, 3.05) is 26.7 Å². The average Bonchev–Trinajstić information content (AvgIpc) is 2.88. The second-order valence-corrected chi connectivity index (χ2v) is 5.00. The molecule has 0 saturated carbocycles. The van der Waals surface area contributed by atoms with Gasteiger partial charge in [-0.3, -0.25) is 4.79 Å². The lowest BCUT2D eigenvalue weighted by atomic mass is 10.0. The van der Waals surface area contributed by atoms with Gasteiger partial charge in [0.2, 0.25) is 0 Å². The summed E-state index contributed by atoms with van der Waals surface area (Å²) in [5, 5.41) is 3.33. The number of carbonyl (C=O) groups is 1. The van der Waals surface area contributed by atoms with E-state index >= 15 is 0 Å². The number of oxazole rings is 1. The Morgan fingerprint density at radius 3 is 3.32 bits per heavy atom. The van der Waals surface area contributed by atoms with E-state index in [0.717, 1.165) is 25.2 Å². The van der Waals surface area contributed by atoms with E-state index in [1.54, 1.807) is 6.07 Å². The van der Waals surface area contributed by atoms with Crippen molar-refractivity contribution >= 4 is 16.9 Å². The molecule has 5 nitrogen and oxygen atoms in total. The highest BCUT2D eigenvalue weighted by molar-refractivity contribution is 5.98. The van der Waals surface area contributed by atoms with Gasteiger partial charge in [-0.2, -0.15) is 0 Å². The van der Waals surface area contributed by atoms with E-state index in [1.807, 2.05) is 12.1 Å². The van der Waals surface area contributed by atoms with E-state index < -0.39 is 0 Å². The van der Waals surface area contributed by atoms with Crippen LogP contribution in [0.2, 0.25) is 0 Å². The van der Waals surface area contributed by atoms with Crippen molar-refractivity contribution in [2.24, 2.45) is 0 Å². The van der Waals surface area contributed by atoms with Crippen molar-refractivity contribution in [2.45, 2.75) is 12.5 Å². The SMILES string of the molecule is CN1CCNCC1CC(=O)c1ccc2ncoc2c1. The summed E-state index contributed by atoms with van der Waals surface area (Å²) in [5.74, 6) is 0.152. The van der Waals surface area contributed by atoms with Crippen LogP contribution in [-0.4, -0.2) is 48.4 Å². The van der Waals surface area contributed by atoms with Gasteiger partial charge in [0.05, 0.1) is 0 Å². The van der Waals surface area contributed by atoms with Crippen molar-refractivity contribution in [3.63, 3.8) is 0 Å². The standard InChI is InChI=1S/C14H17N3O2/c1-17-5-4-15-8-11(17)7-13(18)10-2-3-12-14(6-10)19-9-16-12/h2-3,6,9,11,15H,4-5,7-8H2,1H3. The van der Waals surface area contributed by atoms with E-state index in [-0.39, 0.29) is 11.8 Å². The maximum absolute atomic E-state index is 12.3. The maximum atomic E-state index is 12.3. The molecule has 1 unspecified atom stereocenters. The van der Waals surface area contributed by atoms with Crippen LogP contribution in [0.1, 0.15) is 16.8 Å². The van der Waals surface area contributed by atoms with Gasteiger partial charge in [-0.25, -0.2) is 4.98 Å². The van der Waals surface area contributed by atoms with Crippen molar-refractivity contribution < 1.29 is 9.21 Å². The molecule has 1 N–H and O–H groups in total. The molecule has 0 spiro atoms. The predicted octanol–water partition coefficient (Wildman–Crippen LogP) is 1.30. The molecule has 2 heterocycles. The summed E-state index contributed by atoms with van der Waals surface area (Å²) in [6.45, 7) is 2.84. The van der Waals surface area contributed by atoms with Gasteiger partial charge in [-0.1, -0.05) is 0 Å². The minimum absolute atomic E-state index is 0.152. The molecule has 1 aliphatic heterocycles. The summed E-state index contributed by atoms with van der Waals surface area (Å²) >= 11 is 0. The molecule has 19 heavy (non-hydrogen) atoms. The zero-order valence-corrected chi connectivity index (χ0v) is 10.9. The second kappa shape index (κ2) is 5.11. The molecule has 1 aromatic carbocycles. The molecule has 0 radical (unpaired) electrons. The first-order valence-electron chi connectivity index (χ1n) is 6.51. The van der Waals surface area contributed by atoms with E-state index in [0.29, 0.717) is 17.6 Å². The molecule has 5 heteroatoms. The summed E-state index contributed by atoms with van der Waals surface area (Å²) in [5.41, 5.74) is 2.15. The Labute approximate surface area is 111 Å². The van der Waals surface area contributed by atoms with Crippen LogP contribution in [-0.2, 0) is 0 Å². The van der Waals surface area contributed by atoms with Gasteiger partial charge in [0, 0.05) is 37.7 Å². The molecule has 100 valence electrons. The minimum atomic E-state index is 0.152. The van der Waals surface area contributed by atoms with Gasteiger partial charge >= 0.3 is 0 Å². The monoisotopic (exact) mass is 259 g/mol.